The Morgan fingerprint density at radius 2 is 2.00 bits per heavy atom. The molecule has 2 heterocycles. The highest BCUT2D eigenvalue weighted by atomic mass is 16.5. The summed E-state index contributed by atoms with van der Waals surface area (Å²) in [6.07, 6.45) is 2.34. The van der Waals surface area contributed by atoms with Gasteiger partial charge in [-0.25, -0.2) is 4.79 Å². The molecule has 26 heavy (non-hydrogen) atoms. The van der Waals surface area contributed by atoms with Gasteiger partial charge >= 0.3 is 5.63 Å². The van der Waals surface area contributed by atoms with Gasteiger partial charge in [-0.15, -0.1) is 0 Å². The van der Waals surface area contributed by atoms with Crippen LogP contribution in [0.2, 0.25) is 0 Å². The largest absolute Gasteiger partial charge is 0.507 e. The normalized spacial score (nSPS) is 17.0. The minimum Gasteiger partial charge on any atom is -0.507 e. The van der Waals surface area contributed by atoms with Crippen LogP contribution in [0.1, 0.15) is 18.4 Å². The average molecular weight is 351 g/mol. The quantitative estimate of drug-likeness (QED) is 0.689. The lowest BCUT2D eigenvalue weighted by atomic mass is 9.99. The first kappa shape index (κ1) is 16.8. The Labute approximate surface area is 151 Å². The highest BCUT2D eigenvalue weighted by Crippen LogP contribution is 2.33. The minimum absolute atomic E-state index is 0.116. The fourth-order valence-electron chi connectivity index (χ4n) is 3.46. The summed E-state index contributed by atoms with van der Waals surface area (Å²) in [5, 5.41) is 14.4. The second-order valence-corrected chi connectivity index (χ2v) is 6.55. The van der Waals surface area contributed by atoms with Crippen molar-refractivity contribution in [3.63, 3.8) is 0 Å². The molecule has 5 nitrogen and oxygen atoms in total. The van der Waals surface area contributed by atoms with Crippen LogP contribution in [-0.2, 0) is 11.3 Å². The molecule has 0 unspecified atom stereocenters. The molecule has 0 amide bonds. The van der Waals surface area contributed by atoms with Gasteiger partial charge in [0.05, 0.1) is 11.7 Å². The Bertz CT molecular complexity index is 959. The van der Waals surface area contributed by atoms with E-state index in [2.05, 4.69) is 5.32 Å². The molecule has 3 aromatic rings. The topological polar surface area (TPSA) is 71.7 Å². The van der Waals surface area contributed by atoms with E-state index in [-0.39, 0.29) is 11.9 Å². The molecule has 0 radical (unpaired) electrons. The van der Waals surface area contributed by atoms with Crippen molar-refractivity contribution < 1.29 is 14.3 Å². The molecule has 1 aromatic heterocycles. The third-order valence-corrected chi connectivity index (χ3v) is 4.77. The van der Waals surface area contributed by atoms with Crippen molar-refractivity contribution in [1.82, 2.24) is 5.32 Å². The van der Waals surface area contributed by atoms with Gasteiger partial charge in [-0.2, -0.15) is 0 Å². The zero-order chi connectivity index (χ0) is 17.9. The lowest BCUT2D eigenvalue weighted by Gasteiger charge is -2.14. The van der Waals surface area contributed by atoms with Crippen molar-refractivity contribution in [2.75, 3.05) is 13.2 Å². The second kappa shape index (κ2) is 7.32. The van der Waals surface area contributed by atoms with Gasteiger partial charge in [0.1, 0.15) is 11.3 Å². The monoisotopic (exact) mass is 351 g/mol. The number of phenols is 1. The molecular weight excluding hydrogens is 330 g/mol. The molecule has 1 atom stereocenters. The van der Waals surface area contributed by atoms with Gasteiger partial charge in [0, 0.05) is 31.1 Å². The van der Waals surface area contributed by atoms with Crippen molar-refractivity contribution in [2.45, 2.75) is 25.5 Å². The van der Waals surface area contributed by atoms with Crippen LogP contribution in [0.15, 0.2) is 57.7 Å². The van der Waals surface area contributed by atoms with Crippen LogP contribution < -0.4 is 10.9 Å². The summed E-state index contributed by atoms with van der Waals surface area (Å²) in [4.78, 5) is 12.1. The van der Waals surface area contributed by atoms with Gasteiger partial charge in [-0.3, -0.25) is 0 Å². The second-order valence-electron chi connectivity index (χ2n) is 6.55. The van der Waals surface area contributed by atoms with Crippen LogP contribution in [0.4, 0.5) is 0 Å². The summed E-state index contributed by atoms with van der Waals surface area (Å²) in [5.74, 6) is 0.116. The third kappa shape index (κ3) is 3.36. The maximum absolute atomic E-state index is 12.1. The van der Waals surface area contributed by atoms with Gasteiger partial charge in [-0.1, -0.05) is 30.3 Å². The highest BCUT2D eigenvalue weighted by molar-refractivity contribution is 5.95. The van der Waals surface area contributed by atoms with E-state index in [1.807, 2.05) is 30.3 Å². The summed E-state index contributed by atoms with van der Waals surface area (Å²) in [6.45, 7) is 1.92. The van der Waals surface area contributed by atoms with E-state index in [1.54, 1.807) is 12.1 Å². The summed E-state index contributed by atoms with van der Waals surface area (Å²) < 4.78 is 11.1. The van der Waals surface area contributed by atoms with Crippen LogP contribution in [0.25, 0.3) is 22.1 Å². The SMILES string of the molecule is O=c1cc(-c2ccccc2)c2ccc(O)c(CNC[C@H]3CCCO3)c2o1. The van der Waals surface area contributed by atoms with Crippen molar-refractivity contribution >= 4 is 11.0 Å². The van der Waals surface area contributed by atoms with E-state index in [0.717, 1.165) is 36.0 Å². The maximum Gasteiger partial charge on any atom is 0.336 e. The van der Waals surface area contributed by atoms with Crippen LogP contribution in [0.5, 0.6) is 5.75 Å². The Morgan fingerprint density at radius 1 is 1.15 bits per heavy atom. The van der Waals surface area contributed by atoms with E-state index in [9.17, 15) is 9.90 Å². The standard InChI is InChI=1S/C21H21NO4/c23-19-9-8-16-17(14-5-2-1-3-6-14)11-20(24)26-21(16)18(19)13-22-12-15-7-4-10-25-15/h1-3,5-6,8-9,11,15,22-23H,4,7,10,12-13H2/t15-/m1/s1. The Balaban J connectivity index is 1.72. The Hall–Kier alpha value is -2.63. The molecule has 0 bridgehead atoms. The number of hydrogen-bond acceptors (Lipinski definition) is 5. The summed E-state index contributed by atoms with van der Waals surface area (Å²) in [7, 11) is 0. The van der Waals surface area contributed by atoms with Gasteiger partial charge < -0.3 is 19.6 Å². The fraction of sp³-hybridized carbons (Fsp3) is 0.286. The number of hydrogen-bond donors (Lipinski definition) is 2. The number of benzene rings is 2. The molecule has 0 spiro atoms. The first-order valence-electron chi connectivity index (χ1n) is 8.89. The zero-order valence-electron chi connectivity index (χ0n) is 14.4. The molecule has 4 rings (SSSR count). The molecule has 0 saturated carbocycles. The zero-order valence-corrected chi connectivity index (χ0v) is 14.4. The molecule has 2 N–H and O–H groups in total. The minimum atomic E-state index is -0.428. The first-order chi connectivity index (χ1) is 12.7. The summed E-state index contributed by atoms with van der Waals surface area (Å²) in [6, 6.07) is 14.6. The van der Waals surface area contributed by atoms with Crippen LogP contribution in [0.3, 0.4) is 0 Å². The van der Waals surface area contributed by atoms with E-state index in [4.69, 9.17) is 9.15 Å². The molecular formula is C21H21NO4. The highest BCUT2D eigenvalue weighted by Gasteiger charge is 2.17. The molecule has 5 heteroatoms. The van der Waals surface area contributed by atoms with Gasteiger partial charge in [0.15, 0.2) is 0 Å². The van der Waals surface area contributed by atoms with Crippen molar-refractivity contribution in [3.05, 3.63) is 64.5 Å². The van der Waals surface area contributed by atoms with E-state index in [1.165, 1.54) is 6.07 Å². The molecule has 2 aromatic carbocycles. The molecule has 0 aliphatic carbocycles. The molecule has 134 valence electrons. The Kier molecular flexibility index (Phi) is 4.73. The van der Waals surface area contributed by atoms with E-state index < -0.39 is 5.63 Å². The van der Waals surface area contributed by atoms with Crippen LogP contribution in [0, 0.1) is 0 Å². The molecule has 1 fully saturated rings. The van der Waals surface area contributed by atoms with Crippen molar-refractivity contribution in [2.24, 2.45) is 0 Å². The van der Waals surface area contributed by atoms with E-state index >= 15 is 0 Å². The van der Waals surface area contributed by atoms with Gasteiger partial charge in [0.25, 0.3) is 0 Å². The van der Waals surface area contributed by atoms with Gasteiger partial charge in [-0.05, 0) is 36.1 Å². The van der Waals surface area contributed by atoms with Crippen LogP contribution in [-0.4, -0.2) is 24.4 Å². The number of aromatic hydroxyl groups is 1. The molecule has 1 saturated heterocycles. The fourth-order valence-corrected chi connectivity index (χ4v) is 3.46. The summed E-state index contributed by atoms with van der Waals surface area (Å²) in [5.41, 5.74) is 2.33. The van der Waals surface area contributed by atoms with Gasteiger partial charge in [0.2, 0.25) is 0 Å². The van der Waals surface area contributed by atoms with Crippen molar-refractivity contribution in [3.8, 4) is 16.9 Å². The van der Waals surface area contributed by atoms with E-state index in [0.29, 0.717) is 24.2 Å². The summed E-state index contributed by atoms with van der Waals surface area (Å²) >= 11 is 0. The first-order valence-corrected chi connectivity index (χ1v) is 8.89. The molecule has 1 aliphatic heterocycles. The van der Waals surface area contributed by atoms with Crippen molar-refractivity contribution in [1.29, 1.82) is 0 Å². The maximum atomic E-state index is 12.1. The smallest absolute Gasteiger partial charge is 0.336 e. The number of nitrogens with one attached hydrogen (secondary N) is 1. The predicted molar refractivity (Wildman–Crippen MR) is 100 cm³/mol. The molecule has 1 aliphatic rings. The predicted octanol–water partition coefficient (Wildman–Crippen LogP) is 3.43. The third-order valence-electron chi connectivity index (χ3n) is 4.77. The average Bonchev–Trinajstić information content (AvgIpc) is 3.17. The Morgan fingerprint density at radius 3 is 2.77 bits per heavy atom. The number of fused-ring (bicyclic) bond motifs is 1. The number of phenolic OH excluding ortho intramolecular Hbond substituents is 1. The lowest BCUT2D eigenvalue weighted by Crippen LogP contribution is -2.26. The number of ether oxygens (including phenoxy) is 1. The lowest BCUT2D eigenvalue weighted by molar-refractivity contribution is 0.110. The number of rotatable bonds is 5. The van der Waals surface area contributed by atoms with Crippen LogP contribution >= 0.6 is 0 Å².